The molecule has 0 bridgehead atoms. The van der Waals surface area contributed by atoms with Crippen LogP contribution in [0.4, 0.5) is 0 Å². The zero-order chi connectivity index (χ0) is 13.8. The molecular weight excluding hydrogens is 262 g/mol. The van der Waals surface area contributed by atoms with Crippen molar-refractivity contribution in [1.29, 1.82) is 0 Å². The normalized spacial score (nSPS) is 22.2. The first-order valence-corrected chi connectivity index (χ1v) is 7.39. The molecule has 0 amide bonds. The quantitative estimate of drug-likeness (QED) is 0.900. The molecule has 19 heavy (non-hydrogen) atoms. The molecular formula is C15H22ClNO2. The van der Waals surface area contributed by atoms with Crippen LogP contribution in [-0.2, 0) is 0 Å². The monoisotopic (exact) mass is 283 g/mol. The molecule has 0 spiro atoms. The van der Waals surface area contributed by atoms with Crippen LogP contribution < -0.4 is 4.74 Å². The number of hydrogen-bond acceptors (Lipinski definition) is 3. The molecule has 2 atom stereocenters. The summed E-state index contributed by atoms with van der Waals surface area (Å²) >= 11 is 6.01. The van der Waals surface area contributed by atoms with Gasteiger partial charge in [0.1, 0.15) is 18.5 Å². The van der Waals surface area contributed by atoms with Gasteiger partial charge in [-0.1, -0.05) is 25.4 Å². The molecule has 4 heteroatoms. The van der Waals surface area contributed by atoms with E-state index in [1.807, 2.05) is 12.1 Å². The fourth-order valence-corrected chi connectivity index (χ4v) is 2.86. The number of nitrogens with zero attached hydrogens (tertiary/aromatic N) is 1. The van der Waals surface area contributed by atoms with Crippen molar-refractivity contribution in [3.05, 3.63) is 28.8 Å². The minimum atomic E-state index is -0.527. The topological polar surface area (TPSA) is 32.7 Å². The van der Waals surface area contributed by atoms with Gasteiger partial charge in [0.25, 0.3) is 0 Å². The van der Waals surface area contributed by atoms with Gasteiger partial charge in [0.05, 0.1) is 6.04 Å². The first kappa shape index (κ1) is 14.6. The smallest absolute Gasteiger partial charge is 0.125 e. The van der Waals surface area contributed by atoms with Crippen molar-refractivity contribution in [2.24, 2.45) is 0 Å². The second-order valence-corrected chi connectivity index (χ2v) is 5.48. The zero-order valence-electron chi connectivity index (χ0n) is 11.6. The third-order valence-corrected chi connectivity index (χ3v) is 3.79. The molecule has 1 aromatic rings. The number of fused-ring (bicyclic) bond motifs is 1. The second-order valence-electron chi connectivity index (χ2n) is 5.04. The Hall–Kier alpha value is -0.770. The Kier molecular flexibility index (Phi) is 5.08. The standard InChI is InChI=1S/C15H22ClNO2/c1-3-7-17(8-4-2)13-10-19-14-6-5-11(16)9-12(14)15(13)18/h5-6,9,13,15,18H,3-4,7-8,10H2,1-2H3. The Morgan fingerprint density at radius 1 is 1.32 bits per heavy atom. The number of hydrogen-bond donors (Lipinski definition) is 1. The van der Waals surface area contributed by atoms with Crippen molar-refractivity contribution in [1.82, 2.24) is 4.90 Å². The molecule has 1 heterocycles. The summed E-state index contributed by atoms with van der Waals surface area (Å²) in [5.41, 5.74) is 0.806. The average Bonchev–Trinajstić information content (AvgIpc) is 2.40. The summed E-state index contributed by atoms with van der Waals surface area (Å²) < 4.78 is 5.77. The maximum atomic E-state index is 10.6. The fraction of sp³-hybridized carbons (Fsp3) is 0.600. The first-order valence-electron chi connectivity index (χ1n) is 7.01. The van der Waals surface area contributed by atoms with Gasteiger partial charge in [-0.05, 0) is 44.1 Å². The Bertz CT molecular complexity index is 419. The summed E-state index contributed by atoms with van der Waals surface area (Å²) in [6.07, 6.45) is 1.62. The second kappa shape index (κ2) is 6.60. The number of benzene rings is 1. The molecule has 0 radical (unpaired) electrons. The highest BCUT2D eigenvalue weighted by atomic mass is 35.5. The minimum Gasteiger partial charge on any atom is -0.491 e. The maximum Gasteiger partial charge on any atom is 0.125 e. The number of aliphatic hydroxyl groups excluding tert-OH is 1. The third-order valence-electron chi connectivity index (χ3n) is 3.56. The van der Waals surface area contributed by atoms with Crippen LogP contribution in [-0.4, -0.2) is 35.7 Å². The molecule has 1 aliphatic heterocycles. The molecule has 0 saturated carbocycles. The zero-order valence-corrected chi connectivity index (χ0v) is 12.4. The van der Waals surface area contributed by atoms with Crippen LogP contribution in [0, 0.1) is 0 Å². The van der Waals surface area contributed by atoms with E-state index in [1.165, 1.54) is 0 Å². The predicted molar refractivity (Wildman–Crippen MR) is 77.8 cm³/mol. The van der Waals surface area contributed by atoms with Gasteiger partial charge >= 0.3 is 0 Å². The molecule has 0 aliphatic carbocycles. The van der Waals surface area contributed by atoms with E-state index in [4.69, 9.17) is 16.3 Å². The van der Waals surface area contributed by atoms with Crippen molar-refractivity contribution in [3.8, 4) is 5.75 Å². The summed E-state index contributed by atoms with van der Waals surface area (Å²) in [5.74, 6) is 0.751. The Labute approximate surface area is 120 Å². The van der Waals surface area contributed by atoms with E-state index in [0.717, 1.165) is 37.2 Å². The van der Waals surface area contributed by atoms with Gasteiger partial charge in [0, 0.05) is 10.6 Å². The number of aliphatic hydroxyl groups is 1. The van der Waals surface area contributed by atoms with E-state index in [0.29, 0.717) is 11.6 Å². The largest absolute Gasteiger partial charge is 0.491 e. The van der Waals surface area contributed by atoms with E-state index in [9.17, 15) is 5.11 Å². The number of rotatable bonds is 5. The van der Waals surface area contributed by atoms with Crippen molar-refractivity contribution in [2.45, 2.75) is 38.8 Å². The molecule has 1 aromatic carbocycles. The van der Waals surface area contributed by atoms with Crippen molar-refractivity contribution < 1.29 is 9.84 Å². The summed E-state index contributed by atoms with van der Waals surface area (Å²) in [4.78, 5) is 2.31. The number of halogens is 1. The maximum absolute atomic E-state index is 10.6. The summed E-state index contributed by atoms with van der Waals surface area (Å²) in [7, 11) is 0. The summed E-state index contributed by atoms with van der Waals surface area (Å²) in [6.45, 7) is 6.81. The highest BCUT2D eigenvalue weighted by molar-refractivity contribution is 6.30. The molecule has 0 saturated heterocycles. The molecule has 0 fully saturated rings. The van der Waals surface area contributed by atoms with Crippen molar-refractivity contribution >= 4 is 11.6 Å². The van der Waals surface area contributed by atoms with Crippen LogP contribution in [0.15, 0.2) is 18.2 Å². The molecule has 0 aromatic heterocycles. The molecule has 106 valence electrons. The van der Waals surface area contributed by atoms with Gasteiger partial charge in [-0.25, -0.2) is 0 Å². The lowest BCUT2D eigenvalue weighted by molar-refractivity contribution is 0.00331. The lowest BCUT2D eigenvalue weighted by Crippen LogP contribution is -2.46. The van der Waals surface area contributed by atoms with Crippen LogP contribution in [0.25, 0.3) is 0 Å². The molecule has 1 aliphatic rings. The van der Waals surface area contributed by atoms with Gasteiger partial charge in [-0.15, -0.1) is 0 Å². The van der Waals surface area contributed by atoms with Gasteiger partial charge in [0.2, 0.25) is 0 Å². The van der Waals surface area contributed by atoms with Crippen LogP contribution in [0.1, 0.15) is 38.4 Å². The molecule has 3 nitrogen and oxygen atoms in total. The van der Waals surface area contributed by atoms with Gasteiger partial charge in [-0.3, -0.25) is 4.90 Å². The molecule has 1 N–H and O–H groups in total. The van der Waals surface area contributed by atoms with E-state index in [2.05, 4.69) is 18.7 Å². The highest BCUT2D eigenvalue weighted by Gasteiger charge is 2.33. The van der Waals surface area contributed by atoms with Crippen molar-refractivity contribution in [3.63, 3.8) is 0 Å². The Morgan fingerprint density at radius 3 is 2.63 bits per heavy atom. The Morgan fingerprint density at radius 2 is 2.00 bits per heavy atom. The highest BCUT2D eigenvalue weighted by Crippen LogP contribution is 2.36. The predicted octanol–water partition coefficient (Wildman–Crippen LogP) is 3.26. The van der Waals surface area contributed by atoms with Crippen molar-refractivity contribution in [2.75, 3.05) is 19.7 Å². The fourth-order valence-electron chi connectivity index (χ4n) is 2.68. The third kappa shape index (κ3) is 3.22. The van der Waals surface area contributed by atoms with Crippen LogP contribution in [0.2, 0.25) is 5.02 Å². The summed E-state index contributed by atoms with van der Waals surface area (Å²) in [6, 6.07) is 5.46. The van der Waals surface area contributed by atoms with Gasteiger partial charge < -0.3 is 9.84 Å². The first-order chi connectivity index (χ1) is 9.17. The van der Waals surface area contributed by atoms with Gasteiger partial charge in [-0.2, -0.15) is 0 Å². The van der Waals surface area contributed by atoms with E-state index < -0.39 is 6.10 Å². The number of ether oxygens (including phenoxy) is 1. The van der Waals surface area contributed by atoms with Crippen LogP contribution >= 0.6 is 11.6 Å². The summed E-state index contributed by atoms with van der Waals surface area (Å²) in [5, 5.41) is 11.2. The molecule has 2 rings (SSSR count). The minimum absolute atomic E-state index is 0.0193. The van der Waals surface area contributed by atoms with E-state index in [-0.39, 0.29) is 6.04 Å². The SMILES string of the molecule is CCCN(CCC)C1COc2ccc(Cl)cc2C1O. The lowest BCUT2D eigenvalue weighted by atomic mass is 9.97. The van der Waals surface area contributed by atoms with Crippen LogP contribution in [0.3, 0.4) is 0 Å². The molecule has 2 unspecified atom stereocenters. The van der Waals surface area contributed by atoms with E-state index >= 15 is 0 Å². The van der Waals surface area contributed by atoms with Gasteiger partial charge in [0.15, 0.2) is 0 Å². The Balaban J connectivity index is 2.21. The average molecular weight is 284 g/mol. The lowest BCUT2D eigenvalue weighted by Gasteiger charge is -2.38. The van der Waals surface area contributed by atoms with E-state index in [1.54, 1.807) is 6.07 Å². The van der Waals surface area contributed by atoms with Crippen LogP contribution in [0.5, 0.6) is 5.75 Å².